The molecule has 1 amide bonds. The lowest BCUT2D eigenvalue weighted by Crippen LogP contribution is -2.44. The molecule has 1 aromatic carbocycles. The first-order chi connectivity index (χ1) is 9.58. The first-order valence-electron chi connectivity index (χ1n) is 7.34. The van der Waals surface area contributed by atoms with E-state index < -0.39 is 6.04 Å². The summed E-state index contributed by atoms with van der Waals surface area (Å²) in [6.45, 7) is 6.56. The first-order valence-corrected chi connectivity index (χ1v) is 7.34. The van der Waals surface area contributed by atoms with Crippen molar-refractivity contribution >= 4 is 18.3 Å². The van der Waals surface area contributed by atoms with E-state index in [1.54, 1.807) is 0 Å². The first kappa shape index (κ1) is 19.7. The molecule has 0 bridgehead atoms. The van der Waals surface area contributed by atoms with Crippen molar-refractivity contribution in [2.45, 2.75) is 52.2 Å². The SMILES string of the molecule is CCCC(N)C(=O)NCC(CC)Oc1ccccc1C.Cl. The van der Waals surface area contributed by atoms with E-state index in [-0.39, 0.29) is 24.4 Å². The van der Waals surface area contributed by atoms with Crippen LogP contribution in [-0.4, -0.2) is 24.6 Å². The van der Waals surface area contributed by atoms with E-state index in [9.17, 15) is 4.79 Å². The van der Waals surface area contributed by atoms with Gasteiger partial charge < -0.3 is 15.8 Å². The van der Waals surface area contributed by atoms with Gasteiger partial charge in [0.05, 0.1) is 12.6 Å². The van der Waals surface area contributed by atoms with Crippen LogP contribution in [0.15, 0.2) is 24.3 Å². The maximum atomic E-state index is 11.8. The molecule has 0 aromatic heterocycles. The Kier molecular flexibility index (Phi) is 9.84. The molecule has 4 nitrogen and oxygen atoms in total. The number of nitrogens with one attached hydrogen (secondary N) is 1. The third-order valence-electron chi connectivity index (χ3n) is 3.28. The Hall–Kier alpha value is -1.26. The lowest BCUT2D eigenvalue weighted by Gasteiger charge is -2.20. The Balaban J connectivity index is 0.00000400. The number of halogens is 1. The van der Waals surface area contributed by atoms with Gasteiger partial charge in [-0.1, -0.05) is 38.5 Å². The van der Waals surface area contributed by atoms with Crippen molar-refractivity contribution in [2.24, 2.45) is 5.73 Å². The second-order valence-electron chi connectivity index (χ2n) is 5.05. The second kappa shape index (κ2) is 10.5. The topological polar surface area (TPSA) is 64.4 Å². The van der Waals surface area contributed by atoms with Crippen LogP contribution in [0.25, 0.3) is 0 Å². The number of para-hydroxylation sites is 1. The van der Waals surface area contributed by atoms with Gasteiger partial charge in [-0.15, -0.1) is 12.4 Å². The lowest BCUT2D eigenvalue weighted by atomic mass is 10.1. The van der Waals surface area contributed by atoms with Gasteiger partial charge in [0.2, 0.25) is 5.91 Å². The van der Waals surface area contributed by atoms with Gasteiger partial charge >= 0.3 is 0 Å². The van der Waals surface area contributed by atoms with Gasteiger partial charge in [-0.3, -0.25) is 4.79 Å². The highest BCUT2D eigenvalue weighted by Crippen LogP contribution is 2.18. The van der Waals surface area contributed by atoms with Crippen LogP contribution in [0.1, 0.15) is 38.7 Å². The molecule has 0 radical (unpaired) electrons. The Morgan fingerprint density at radius 3 is 2.57 bits per heavy atom. The van der Waals surface area contributed by atoms with Crippen LogP contribution >= 0.6 is 12.4 Å². The molecular weight excluding hydrogens is 288 g/mol. The predicted molar refractivity (Wildman–Crippen MR) is 89.0 cm³/mol. The van der Waals surface area contributed by atoms with Crippen molar-refractivity contribution in [1.29, 1.82) is 0 Å². The minimum Gasteiger partial charge on any atom is -0.488 e. The molecule has 5 heteroatoms. The number of carbonyl (C=O) groups is 1. The van der Waals surface area contributed by atoms with Crippen molar-refractivity contribution in [3.63, 3.8) is 0 Å². The molecule has 1 aromatic rings. The number of carbonyl (C=O) groups excluding carboxylic acids is 1. The molecule has 1 rings (SSSR count). The van der Waals surface area contributed by atoms with Crippen molar-refractivity contribution < 1.29 is 9.53 Å². The third kappa shape index (κ3) is 6.82. The zero-order chi connectivity index (χ0) is 15.0. The van der Waals surface area contributed by atoms with E-state index in [4.69, 9.17) is 10.5 Å². The summed E-state index contributed by atoms with van der Waals surface area (Å²) in [6.07, 6.45) is 2.42. The molecule has 2 unspecified atom stereocenters. The third-order valence-corrected chi connectivity index (χ3v) is 3.28. The fourth-order valence-electron chi connectivity index (χ4n) is 1.93. The molecule has 3 N–H and O–H groups in total. The molecule has 0 spiro atoms. The molecule has 0 aliphatic rings. The fourth-order valence-corrected chi connectivity index (χ4v) is 1.93. The number of rotatable bonds is 8. The van der Waals surface area contributed by atoms with Crippen molar-refractivity contribution in [3.8, 4) is 5.75 Å². The second-order valence-corrected chi connectivity index (χ2v) is 5.05. The molecule has 21 heavy (non-hydrogen) atoms. The summed E-state index contributed by atoms with van der Waals surface area (Å²) < 4.78 is 5.93. The largest absolute Gasteiger partial charge is 0.488 e. The highest BCUT2D eigenvalue weighted by atomic mass is 35.5. The van der Waals surface area contributed by atoms with Gasteiger partial charge in [-0.25, -0.2) is 0 Å². The summed E-state index contributed by atoms with van der Waals surface area (Å²) in [5.41, 5.74) is 6.88. The number of ether oxygens (including phenoxy) is 1. The van der Waals surface area contributed by atoms with Crippen LogP contribution in [0.2, 0.25) is 0 Å². The standard InChI is InChI=1S/C16H26N2O2.ClH/c1-4-8-14(17)16(19)18-11-13(5-2)20-15-10-7-6-9-12(15)3;/h6-7,9-10,13-14H,4-5,8,11,17H2,1-3H3,(H,18,19);1H. The van der Waals surface area contributed by atoms with Gasteiger partial charge in [0, 0.05) is 0 Å². The molecular formula is C16H27ClN2O2. The summed E-state index contributed by atoms with van der Waals surface area (Å²) in [4.78, 5) is 11.8. The number of nitrogens with two attached hydrogens (primary N) is 1. The average Bonchev–Trinajstić information content (AvgIpc) is 2.45. The summed E-state index contributed by atoms with van der Waals surface area (Å²) in [5.74, 6) is 0.769. The van der Waals surface area contributed by atoms with Crippen molar-refractivity contribution in [2.75, 3.05) is 6.54 Å². The smallest absolute Gasteiger partial charge is 0.237 e. The molecule has 2 atom stereocenters. The molecule has 0 heterocycles. The minimum atomic E-state index is -0.420. The summed E-state index contributed by atoms with van der Waals surface area (Å²) in [5, 5.41) is 2.87. The zero-order valence-electron chi connectivity index (χ0n) is 13.1. The minimum absolute atomic E-state index is 0. The molecule has 0 aliphatic heterocycles. The zero-order valence-corrected chi connectivity index (χ0v) is 13.9. The lowest BCUT2D eigenvalue weighted by molar-refractivity contribution is -0.122. The maximum Gasteiger partial charge on any atom is 0.237 e. The van der Waals surface area contributed by atoms with E-state index in [0.717, 1.165) is 24.2 Å². The quantitative estimate of drug-likeness (QED) is 0.775. The number of amides is 1. The molecule has 0 fully saturated rings. The highest BCUT2D eigenvalue weighted by molar-refractivity contribution is 5.85. The van der Waals surface area contributed by atoms with Gasteiger partial charge in [0.25, 0.3) is 0 Å². The number of hydrogen-bond donors (Lipinski definition) is 2. The van der Waals surface area contributed by atoms with Crippen molar-refractivity contribution in [1.82, 2.24) is 5.32 Å². The predicted octanol–water partition coefficient (Wildman–Crippen LogP) is 2.82. The van der Waals surface area contributed by atoms with Gasteiger partial charge in [0.1, 0.15) is 11.9 Å². The number of hydrogen-bond acceptors (Lipinski definition) is 3. The van der Waals surface area contributed by atoms with Crippen LogP contribution in [0.4, 0.5) is 0 Å². The van der Waals surface area contributed by atoms with E-state index in [2.05, 4.69) is 5.32 Å². The normalized spacial score (nSPS) is 13.0. The van der Waals surface area contributed by atoms with Gasteiger partial charge in [-0.05, 0) is 31.4 Å². The Morgan fingerprint density at radius 1 is 1.33 bits per heavy atom. The highest BCUT2D eigenvalue weighted by Gasteiger charge is 2.15. The van der Waals surface area contributed by atoms with E-state index in [1.165, 1.54) is 0 Å². The summed E-state index contributed by atoms with van der Waals surface area (Å²) in [7, 11) is 0. The van der Waals surface area contributed by atoms with Crippen LogP contribution in [0.3, 0.4) is 0 Å². The summed E-state index contributed by atoms with van der Waals surface area (Å²) in [6, 6.07) is 7.47. The van der Waals surface area contributed by atoms with Crippen LogP contribution in [-0.2, 0) is 4.79 Å². The Labute approximate surface area is 133 Å². The Morgan fingerprint density at radius 2 is 2.00 bits per heavy atom. The Bertz CT molecular complexity index is 426. The van der Waals surface area contributed by atoms with E-state index >= 15 is 0 Å². The number of benzene rings is 1. The molecule has 0 aliphatic carbocycles. The molecule has 120 valence electrons. The van der Waals surface area contributed by atoms with Crippen LogP contribution in [0.5, 0.6) is 5.75 Å². The maximum absolute atomic E-state index is 11.8. The van der Waals surface area contributed by atoms with E-state index in [0.29, 0.717) is 13.0 Å². The van der Waals surface area contributed by atoms with Gasteiger partial charge in [-0.2, -0.15) is 0 Å². The average molecular weight is 315 g/mol. The van der Waals surface area contributed by atoms with Crippen LogP contribution < -0.4 is 15.8 Å². The fraction of sp³-hybridized carbons (Fsp3) is 0.562. The van der Waals surface area contributed by atoms with E-state index in [1.807, 2.05) is 45.0 Å². The summed E-state index contributed by atoms with van der Waals surface area (Å²) >= 11 is 0. The van der Waals surface area contributed by atoms with Gasteiger partial charge in [0.15, 0.2) is 0 Å². The molecule has 0 saturated heterocycles. The monoisotopic (exact) mass is 314 g/mol. The van der Waals surface area contributed by atoms with Crippen LogP contribution in [0, 0.1) is 6.92 Å². The number of aryl methyl sites for hydroxylation is 1. The molecule has 0 saturated carbocycles. The van der Waals surface area contributed by atoms with Crippen molar-refractivity contribution in [3.05, 3.63) is 29.8 Å².